The fourth-order valence-corrected chi connectivity index (χ4v) is 0.370. The fraction of sp³-hybridized carbons (Fsp3) is 0.667. The highest BCUT2D eigenvalue weighted by molar-refractivity contribution is 4.70. The van der Waals surface area contributed by atoms with Crippen LogP contribution >= 0.6 is 0 Å². The van der Waals surface area contributed by atoms with Crippen LogP contribution < -0.4 is 0 Å². The first-order valence-electron chi connectivity index (χ1n) is 2.78. The Morgan fingerprint density at radius 3 is 2.88 bits per heavy atom. The van der Waals surface area contributed by atoms with Crippen LogP contribution in [0.4, 0.5) is 0 Å². The average molecular weight is 116 g/mol. The van der Waals surface area contributed by atoms with Crippen molar-refractivity contribution < 1.29 is 9.84 Å². The third kappa shape index (κ3) is 5.50. The first-order chi connectivity index (χ1) is 3.91. The number of ether oxygens (including phenoxy) is 1. The van der Waals surface area contributed by atoms with Gasteiger partial charge in [0.25, 0.3) is 0 Å². The van der Waals surface area contributed by atoms with Crippen molar-refractivity contribution in [1.29, 1.82) is 0 Å². The molecule has 0 aliphatic heterocycles. The molecule has 2 nitrogen and oxygen atoms in total. The van der Waals surface area contributed by atoms with Gasteiger partial charge in [-0.2, -0.15) is 0 Å². The SMILES string of the molecule is CCOCC/C=C/O. The second-order valence-electron chi connectivity index (χ2n) is 1.37. The summed E-state index contributed by atoms with van der Waals surface area (Å²) < 4.78 is 4.97. The zero-order chi connectivity index (χ0) is 6.24. The van der Waals surface area contributed by atoms with Gasteiger partial charge in [-0.05, 0) is 19.4 Å². The van der Waals surface area contributed by atoms with E-state index < -0.39 is 0 Å². The number of aliphatic hydroxyl groups excluding tert-OH is 1. The van der Waals surface area contributed by atoms with E-state index in [0.717, 1.165) is 19.3 Å². The summed E-state index contributed by atoms with van der Waals surface area (Å²) in [6.45, 7) is 3.40. The Morgan fingerprint density at radius 1 is 1.62 bits per heavy atom. The van der Waals surface area contributed by atoms with E-state index in [0.29, 0.717) is 6.61 Å². The molecule has 0 aliphatic rings. The molecule has 0 aromatic carbocycles. The van der Waals surface area contributed by atoms with Crippen LogP contribution in [0.5, 0.6) is 0 Å². The maximum Gasteiger partial charge on any atom is 0.0752 e. The van der Waals surface area contributed by atoms with E-state index in [1.807, 2.05) is 6.92 Å². The molecule has 0 heterocycles. The summed E-state index contributed by atoms with van der Waals surface area (Å²) in [6.07, 6.45) is 3.50. The molecule has 0 aromatic heterocycles. The smallest absolute Gasteiger partial charge is 0.0752 e. The molecule has 1 N–H and O–H groups in total. The first-order valence-corrected chi connectivity index (χ1v) is 2.78. The minimum absolute atomic E-state index is 0.702. The van der Waals surface area contributed by atoms with E-state index in [1.165, 1.54) is 0 Å². The van der Waals surface area contributed by atoms with Crippen molar-refractivity contribution in [1.82, 2.24) is 0 Å². The second kappa shape index (κ2) is 6.50. The van der Waals surface area contributed by atoms with E-state index in [9.17, 15) is 0 Å². The molecule has 0 spiro atoms. The Balaban J connectivity index is 2.72. The highest BCUT2D eigenvalue weighted by atomic mass is 16.5. The summed E-state index contributed by atoms with van der Waals surface area (Å²) in [6, 6.07) is 0. The van der Waals surface area contributed by atoms with Gasteiger partial charge in [0.2, 0.25) is 0 Å². The maximum absolute atomic E-state index is 8.13. The lowest BCUT2D eigenvalue weighted by atomic mass is 10.4. The standard InChI is InChI=1S/C6H12O2/c1-2-8-6-4-3-5-7/h3,5,7H,2,4,6H2,1H3/b5-3+. The Labute approximate surface area is 49.8 Å². The van der Waals surface area contributed by atoms with Crippen molar-refractivity contribution in [3.63, 3.8) is 0 Å². The molecule has 0 rings (SSSR count). The lowest BCUT2D eigenvalue weighted by Crippen LogP contribution is -1.90. The zero-order valence-electron chi connectivity index (χ0n) is 5.13. The molecule has 0 saturated heterocycles. The van der Waals surface area contributed by atoms with Gasteiger partial charge in [0.15, 0.2) is 0 Å². The fourth-order valence-electron chi connectivity index (χ4n) is 0.370. The van der Waals surface area contributed by atoms with Crippen molar-refractivity contribution >= 4 is 0 Å². The molecule has 0 bridgehead atoms. The van der Waals surface area contributed by atoms with Crippen molar-refractivity contribution in [2.75, 3.05) is 13.2 Å². The van der Waals surface area contributed by atoms with Crippen LogP contribution in [0, 0.1) is 0 Å². The molecule has 0 fully saturated rings. The zero-order valence-corrected chi connectivity index (χ0v) is 5.13. The van der Waals surface area contributed by atoms with Gasteiger partial charge in [-0.3, -0.25) is 0 Å². The van der Waals surface area contributed by atoms with Gasteiger partial charge in [-0.15, -0.1) is 0 Å². The lowest BCUT2D eigenvalue weighted by Gasteiger charge is -1.93. The topological polar surface area (TPSA) is 29.5 Å². The van der Waals surface area contributed by atoms with Crippen LogP contribution in [-0.2, 0) is 4.74 Å². The summed E-state index contributed by atoms with van der Waals surface area (Å²) in [5.74, 6) is 0. The summed E-state index contributed by atoms with van der Waals surface area (Å²) in [4.78, 5) is 0. The van der Waals surface area contributed by atoms with Crippen LogP contribution in [0.25, 0.3) is 0 Å². The molecule has 0 atom stereocenters. The van der Waals surface area contributed by atoms with Crippen LogP contribution in [0.2, 0.25) is 0 Å². The van der Waals surface area contributed by atoms with Gasteiger partial charge in [0.05, 0.1) is 12.9 Å². The summed E-state index contributed by atoms with van der Waals surface area (Å²) in [7, 11) is 0. The normalized spacial score (nSPS) is 10.6. The van der Waals surface area contributed by atoms with Gasteiger partial charge in [0.1, 0.15) is 0 Å². The predicted molar refractivity (Wildman–Crippen MR) is 32.9 cm³/mol. The molecular formula is C6H12O2. The van der Waals surface area contributed by atoms with Crippen LogP contribution in [0.15, 0.2) is 12.3 Å². The number of rotatable bonds is 4. The van der Waals surface area contributed by atoms with Crippen LogP contribution in [0.1, 0.15) is 13.3 Å². The lowest BCUT2D eigenvalue weighted by molar-refractivity contribution is 0.152. The van der Waals surface area contributed by atoms with Crippen LogP contribution in [-0.4, -0.2) is 18.3 Å². The molecule has 48 valence electrons. The Hall–Kier alpha value is -0.500. The molecular weight excluding hydrogens is 104 g/mol. The summed E-state index contributed by atoms with van der Waals surface area (Å²) in [5, 5.41) is 8.13. The quantitative estimate of drug-likeness (QED) is 0.445. The third-order valence-corrected chi connectivity index (χ3v) is 0.738. The van der Waals surface area contributed by atoms with E-state index in [4.69, 9.17) is 9.84 Å². The van der Waals surface area contributed by atoms with Crippen molar-refractivity contribution in [2.45, 2.75) is 13.3 Å². The predicted octanol–water partition coefficient (Wildman–Crippen LogP) is 1.48. The monoisotopic (exact) mass is 116 g/mol. The Kier molecular flexibility index (Phi) is 6.09. The van der Waals surface area contributed by atoms with Gasteiger partial charge in [0, 0.05) is 6.61 Å². The van der Waals surface area contributed by atoms with Crippen LogP contribution in [0.3, 0.4) is 0 Å². The van der Waals surface area contributed by atoms with Crippen molar-refractivity contribution in [3.05, 3.63) is 12.3 Å². The molecule has 8 heavy (non-hydrogen) atoms. The van der Waals surface area contributed by atoms with E-state index in [2.05, 4.69) is 0 Å². The van der Waals surface area contributed by atoms with E-state index >= 15 is 0 Å². The second-order valence-corrected chi connectivity index (χ2v) is 1.37. The minimum Gasteiger partial charge on any atom is -0.516 e. The molecule has 0 aliphatic carbocycles. The first kappa shape index (κ1) is 7.50. The van der Waals surface area contributed by atoms with Gasteiger partial charge < -0.3 is 9.84 Å². The van der Waals surface area contributed by atoms with Crippen molar-refractivity contribution in [3.8, 4) is 0 Å². The van der Waals surface area contributed by atoms with Gasteiger partial charge >= 0.3 is 0 Å². The molecule has 2 heteroatoms. The number of aliphatic hydroxyl groups is 1. The third-order valence-electron chi connectivity index (χ3n) is 0.738. The largest absolute Gasteiger partial charge is 0.516 e. The number of hydrogen-bond donors (Lipinski definition) is 1. The van der Waals surface area contributed by atoms with E-state index in [-0.39, 0.29) is 0 Å². The molecule has 0 aromatic rings. The molecule has 0 radical (unpaired) electrons. The average Bonchev–Trinajstić information content (AvgIpc) is 1.81. The minimum atomic E-state index is 0.702. The molecule has 0 unspecified atom stereocenters. The Morgan fingerprint density at radius 2 is 2.38 bits per heavy atom. The van der Waals surface area contributed by atoms with Crippen molar-refractivity contribution in [2.24, 2.45) is 0 Å². The van der Waals surface area contributed by atoms with Gasteiger partial charge in [-0.25, -0.2) is 0 Å². The molecule has 0 amide bonds. The maximum atomic E-state index is 8.13. The van der Waals surface area contributed by atoms with Gasteiger partial charge in [-0.1, -0.05) is 0 Å². The Bertz CT molecular complexity index is 59.5. The molecule has 0 saturated carbocycles. The summed E-state index contributed by atoms with van der Waals surface area (Å²) >= 11 is 0. The highest BCUT2D eigenvalue weighted by Gasteiger charge is 1.77. The number of hydrogen-bond acceptors (Lipinski definition) is 2. The van der Waals surface area contributed by atoms with E-state index in [1.54, 1.807) is 6.08 Å². The summed E-state index contributed by atoms with van der Waals surface area (Å²) in [5.41, 5.74) is 0. The highest BCUT2D eigenvalue weighted by Crippen LogP contribution is 1.82.